The summed E-state index contributed by atoms with van der Waals surface area (Å²) in [7, 11) is 1.93. The molecule has 2 N–H and O–H groups in total. The summed E-state index contributed by atoms with van der Waals surface area (Å²) in [5.41, 5.74) is 1.96. The number of hydrogen-bond acceptors (Lipinski definition) is 3. The summed E-state index contributed by atoms with van der Waals surface area (Å²) in [6, 6.07) is 7.65. The van der Waals surface area contributed by atoms with Crippen LogP contribution in [0.15, 0.2) is 24.3 Å². The largest absolute Gasteiger partial charge is 0.325 e. The van der Waals surface area contributed by atoms with Gasteiger partial charge in [0.1, 0.15) is 0 Å². The maximum Gasteiger partial charge on any atom is 0.302 e. The minimum absolute atomic E-state index is 0.0766. The van der Waals surface area contributed by atoms with Crippen LogP contribution in [0.5, 0.6) is 0 Å². The van der Waals surface area contributed by atoms with Crippen molar-refractivity contribution in [3.8, 4) is 0 Å². The highest BCUT2D eigenvalue weighted by Crippen LogP contribution is 2.45. The molecule has 2 rings (SSSR count). The molecule has 88 valence electrons. The molecule has 0 saturated heterocycles. The number of nitrogens with one attached hydrogen (secondary N) is 2. The summed E-state index contributed by atoms with van der Waals surface area (Å²) in [4.78, 5) is 0. The number of anilines is 1. The van der Waals surface area contributed by atoms with Crippen molar-refractivity contribution in [1.82, 2.24) is 5.32 Å². The molecule has 0 unspecified atom stereocenters. The van der Waals surface area contributed by atoms with E-state index in [9.17, 15) is 8.78 Å². The molecule has 1 fully saturated rings. The number of halogens is 2. The smallest absolute Gasteiger partial charge is 0.302 e. The van der Waals surface area contributed by atoms with Crippen molar-refractivity contribution in [3.63, 3.8) is 0 Å². The Bertz CT molecular complexity index is 367. The lowest BCUT2D eigenvalue weighted by Crippen LogP contribution is -2.24. The molecule has 0 radical (unpaired) electrons. The minimum atomic E-state index is -2.40. The van der Waals surface area contributed by atoms with Crippen LogP contribution >= 0.6 is 11.9 Å². The number of alkyl halides is 2. The van der Waals surface area contributed by atoms with Gasteiger partial charge in [0.2, 0.25) is 0 Å². The zero-order chi connectivity index (χ0) is 11.6. The lowest BCUT2D eigenvalue weighted by atomic mass is 10.0. The third kappa shape index (κ3) is 2.47. The maximum absolute atomic E-state index is 12.0. The van der Waals surface area contributed by atoms with Gasteiger partial charge in [-0.15, -0.1) is 0 Å². The number of hydrogen-bond donors (Lipinski definition) is 2. The van der Waals surface area contributed by atoms with Crippen LogP contribution in [-0.4, -0.2) is 12.8 Å². The molecule has 0 aliphatic heterocycles. The summed E-state index contributed by atoms with van der Waals surface area (Å²) in [6.07, 6.45) is 2.21. The van der Waals surface area contributed by atoms with E-state index in [1.54, 1.807) is 6.07 Å². The van der Waals surface area contributed by atoms with Crippen LogP contribution in [0, 0.1) is 0 Å². The quantitative estimate of drug-likeness (QED) is 0.778. The summed E-state index contributed by atoms with van der Waals surface area (Å²) in [5, 5.41) is 3.28. The lowest BCUT2D eigenvalue weighted by Gasteiger charge is -2.15. The van der Waals surface area contributed by atoms with Gasteiger partial charge < -0.3 is 10.0 Å². The Balaban J connectivity index is 2.08. The summed E-state index contributed by atoms with van der Waals surface area (Å²) < 4.78 is 26.7. The molecule has 1 aromatic rings. The zero-order valence-electron chi connectivity index (χ0n) is 8.97. The van der Waals surface area contributed by atoms with E-state index in [2.05, 4.69) is 10.0 Å². The summed E-state index contributed by atoms with van der Waals surface area (Å²) in [6.45, 7) is 0. The van der Waals surface area contributed by atoms with E-state index in [1.165, 1.54) is 0 Å². The van der Waals surface area contributed by atoms with E-state index in [4.69, 9.17) is 0 Å². The molecular weight excluding hydrogens is 230 g/mol. The number of benzene rings is 1. The minimum Gasteiger partial charge on any atom is -0.325 e. The van der Waals surface area contributed by atoms with E-state index < -0.39 is 5.76 Å². The fourth-order valence-corrected chi connectivity index (χ4v) is 2.15. The second-order valence-electron chi connectivity index (χ2n) is 3.89. The van der Waals surface area contributed by atoms with E-state index in [-0.39, 0.29) is 5.54 Å². The Hall–Kier alpha value is -0.810. The normalized spacial score (nSPS) is 17.5. The van der Waals surface area contributed by atoms with Gasteiger partial charge in [0, 0.05) is 23.2 Å². The third-order valence-electron chi connectivity index (χ3n) is 2.91. The topological polar surface area (TPSA) is 24.1 Å². The van der Waals surface area contributed by atoms with Crippen LogP contribution in [0.3, 0.4) is 0 Å². The van der Waals surface area contributed by atoms with Crippen LogP contribution in [-0.2, 0) is 5.54 Å². The maximum atomic E-state index is 12.0. The average Bonchev–Trinajstić information content (AvgIpc) is 3.08. The highest BCUT2D eigenvalue weighted by molar-refractivity contribution is 8.00. The van der Waals surface area contributed by atoms with Gasteiger partial charge in [-0.25, -0.2) is 0 Å². The zero-order valence-corrected chi connectivity index (χ0v) is 9.78. The van der Waals surface area contributed by atoms with Gasteiger partial charge in [0.15, 0.2) is 0 Å². The van der Waals surface area contributed by atoms with Crippen molar-refractivity contribution >= 4 is 17.6 Å². The average molecular weight is 244 g/mol. The Morgan fingerprint density at radius 2 is 2.12 bits per heavy atom. The van der Waals surface area contributed by atoms with Crippen molar-refractivity contribution in [3.05, 3.63) is 29.8 Å². The molecule has 0 heterocycles. The molecule has 0 bridgehead atoms. The van der Waals surface area contributed by atoms with Crippen LogP contribution in [0.2, 0.25) is 0 Å². The van der Waals surface area contributed by atoms with Gasteiger partial charge in [-0.1, -0.05) is 12.1 Å². The van der Waals surface area contributed by atoms with Crippen molar-refractivity contribution in [2.75, 3.05) is 11.8 Å². The van der Waals surface area contributed by atoms with E-state index >= 15 is 0 Å². The first kappa shape index (κ1) is 11.7. The molecule has 0 amide bonds. The van der Waals surface area contributed by atoms with E-state index in [0.717, 1.165) is 24.1 Å². The molecule has 1 saturated carbocycles. The molecular formula is C11H14F2N2S. The highest BCUT2D eigenvalue weighted by atomic mass is 32.2. The van der Waals surface area contributed by atoms with E-state index in [0.29, 0.717) is 11.9 Å². The first-order valence-electron chi connectivity index (χ1n) is 5.15. The summed E-state index contributed by atoms with van der Waals surface area (Å²) >= 11 is 0.428. The molecule has 1 aliphatic rings. The van der Waals surface area contributed by atoms with Gasteiger partial charge >= 0.3 is 5.76 Å². The molecule has 0 spiro atoms. The first-order valence-corrected chi connectivity index (χ1v) is 6.03. The van der Waals surface area contributed by atoms with Crippen molar-refractivity contribution in [1.29, 1.82) is 0 Å². The molecule has 0 atom stereocenters. The highest BCUT2D eigenvalue weighted by Gasteiger charge is 2.42. The molecule has 16 heavy (non-hydrogen) atoms. The third-order valence-corrected chi connectivity index (χ3v) is 3.44. The van der Waals surface area contributed by atoms with Crippen LogP contribution in [0.25, 0.3) is 0 Å². The number of rotatable bonds is 5. The fraction of sp³-hybridized carbons (Fsp3) is 0.455. The molecule has 1 aromatic carbocycles. The second-order valence-corrected chi connectivity index (χ2v) is 4.69. The predicted molar refractivity (Wildman–Crippen MR) is 63.6 cm³/mol. The van der Waals surface area contributed by atoms with Gasteiger partial charge in [-0.2, -0.15) is 8.78 Å². The van der Waals surface area contributed by atoms with Crippen molar-refractivity contribution in [2.45, 2.75) is 24.1 Å². The monoisotopic (exact) mass is 244 g/mol. The van der Waals surface area contributed by atoms with Crippen LogP contribution in [0.4, 0.5) is 14.5 Å². The Morgan fingerprint density at radius 1 is 1.38 bits per heavy atom. The van der Waals surface area contributed by atoms with Gasteiger partial charge in [0.05, 0.1) is 0 Å². The Kier molecular flexibility index (Phi) is 3.35. The first-order chi connectivity index (χ1) is 7.66. The molecule has 0 aromatic heterocycles. The van der Waals surface area contributed by atoms with Gasteiger partial charge in [0.25, 0.3) is 0 Å². The van der Waals surface area contributed by atoms with Gasteiger partial charge in [-0.05, 0) is 37.6 Å². The van der Waals surface area contributed by atoms with Gasteiger partial charge in [-0.3, -0.25) is 0 Å². The molecule has 1 aliphatic carbocycles. The molecule has 5 heteroatoms. The fourth-order valence-electron chi connectivity index (χ4n) is 1.80. The predicted octanol–water partition coefficient (Wildman–Crippen LogP) is 3.18. The SMILES string of the molecule is CNC1(c2cccc(NSC(F)F)c2)CC1. The molecule has 2 nitrogen and oxygen atoms in total. The van der Waals surface area contributed by atoms with Crippen LogP contribution in [0.1, 0.15) is 18.4 Å². The lowest BCUT2D eigenvalue weighted by molar-refractivity contribution is 0.252. The van der Waals surface area contributed by atoms with Crippen molar-refractivity contribution in [2.24, 2.45) is 0 Å². The standard InChI is InChI=1S/C11H14F2N2S/c1-14-11(5-6-11)8-3-2-4-9(7-8)15-16-10(12)13/h2-4,7,10,14-15H,5-6H2,1H3. The Morgan fingerprint density at radius 3 is 2.69 bits per heavy atom. The van der Waals surface area contributed by atoms with E-state index in [1.807, 2.05) is 25.2 Å². The second kappa shape index (κ2) is 4.59. The Labute approximate surface area is 97.9 Å². The van der Waals surface area contributed by atoms with Crippen molar-refractivity contribution < 1.29 is 8.78 Å². The summed E-state index contributed by atoms with van der Waals surface area (Å²) in [5.74, 6) is -2.40. The van der Waals surface area contributed by atoms with Crippen LogP contribution < -0.4 is 10.0 Å².